The molecule has 0 N–H and O–H groups in total. The summed E-state index contributed by atoms with van der Waals surface area (Å²) in [6, 6.07) is 0. The van der Waals surface area contributed by atoms with Crippen LogP contribution in [-0.4, -0.2) is 24.6 Å². The molecule has 0 aliphatic heterocycles. The van der Waals surface area contributed by atoms with Gasteiger partial charge >= 0.3 is 5.97 Å². The topological polar surface area (TPSA) is 26.3 Å². The summed E-state index contributed by atoms with van der Waals surface area (Å²) < 4.78 is 41.7. The molecule has 0 aromatic rings. The Balaban J connectivity index is 3.50. The van der Waals surface area contributed by atoms with Gasteiger partial charge in [-0.05, 0) is 12.8 Å². The second kappa shape index (κ2) is 6.93. The fraction of sp³-hybridized carbons (Fsp3) is 0.889. The molecule has 0 amide bonds. The molecule has 0 aliphatic rings. The molecule has 0 saturated heterocycles. The van der Waals surface area contributed by atoms with Crippen LogP contribution in [0.3, 0.4) is 0 Å². The molecular formula is C9H14ClF3O2. The molecule has 0 aromatic heterocycles. The van der Waals surface area contributed by atoms with Crippen LogP contribution in [0.2, 0.25) is 0 Å². The van der Waals surface area contributed by atoms with Crippen molar-refractivity contribution in [2.45, 2.75) is 43.7 Å². The molecule has 0 radical (unpaired) electrons. The van der Waals surface area contributed by atoms with E-state index >= 15 is 0 Å². The quantitative estimate of drug-likeness (QED) is 0.391. The van der Waals surface area contributed by atoms with Crippen molar-refractivity contribution in [1.29, 1.82) is 0 Å². The Bertz CT molecular complexity index is 198. The lowest BCUT2D eigenvalue weighted by atomic mass is 10.1. The molecule has 0 spiro atoms. The van der Waals surface area contributed by atoms with Gasteiger partial charge in [-0.15, -0.1) is 0 Å². The standard InChI is InChI=1S/C9H14ClF3O2/c1-15-7(14)5-3-2-4-6-9(12,13)8(10)11/h8H,2-6H2,1H3. The second-order valence-corrected chi connectivity index (χ2v) is 3.58. The minimum absolute atomic E-state index is 0.136. The van der Waals surface area contributed by atoms with Gasteiger partial charge in [0.1, 0.15) is 0 Å². The van der Waals surface area contributed by atoms with Gasteiger partial charge < -0.3 is 4.74 Å². The van der Waals surface area contributed by atoms with Crippen LogP contribution in [0.25, 0.3) is 0 Å². The highest BCUT2D eigenvalue weighted by Gasteiger charge is 2.37. The van der Waals surface area contributed by atoms with Crippen molar-refractivity contribution in [2.24, 2.45) is 0 Å². The number of carbonyl (C=O) groups excluding carboxylic acids is 1. The van der Waals surface area contributed by atoms with Crippen molar-refractivity contribution in [3.8, 4) is 0 Å². The van der Waals surface area contributed by atoms with Crippen molar-refractivity contribution in [2.75, 3.05) is 7.11 Å². The van der Waals surface area contributed by atoms with E-state index in [9.17, 15) is 18.0 Å². The molecule has 2 nitrogen and oxygen atoms in total. The predicted molar refractivity (Wildman–Crippen MR) is 50.8 cm³/mol. The first-order chi connectivity index (χ1) is 6.90. The average molecular weight is 247 g/mol. The SMILES string of the molecule is COC(=O)CCCCCC(F)(F)C(F)Cl. The van der Waals surface area contributed by atoms with Crippen molar-refractivity contribution < 1.29 is 22.7 Å². The number of esters is 1. The summed E-state index contributed by atoms with van der Waals surface area (Å²) in [6.45, 7) is 0. The lowest BCUT2D eigenvalue weighted by Crippen LogP contribution is -2.25. The molecule has 15 heavy (non-hydrogen) atoms. The Morgan fingerprint density at radius 2 is 2.00 bits per heavy atom. The highest BCUT2D eigenvalue weighted by Crippen LogP contribution is 2.30. The van der Waals surface area contributed by atoms with Crippen LogP contribution in [0.1, 0.15) is 32.1 Å². The minimum atomic E-state index is -3.48. The van der Waals surface area contributed by atoms with Crippen molar-refractivity contribution in [3.05, 3.63) is 0 Å². The van der Waals surface area contributed by atoms with Gasteiger partial charge in [-0.2, -0.15) is 0 Å². The monoisotopic (exact) mass is 246 g/mol. The highest BCUT2D eigenvalue weighted by atomic mass is 35.5. The van der Waals surface area contributed by atoms with E-state index in [2.05, 4.69) is 16.3 Å². The van der Waals surface area contributed by atoms with E-state index in [1.165, 1.54) is 7.11 Å². The molecule has 0 heterocycles. The molecule has 0 rings (SSSR count). The highest BCUT2D eigenvalue weighted by molar-refractivity contribution is 6.20. The lowest BCUT2D eigenvalue weighted by Gasteiger charge is -2.15. The number of halogens is 4. The molecule has 1 atom stereocenters. The molecule has 0 saturated carbocycles. The molecule has 6 heteroatoms. The molecule has 90 valence electrons. The van der Waals surface area contributed by atoms with Crippen LogP contribution < -0.4 is 0 Å². The summed E-state index contributed by atoms with van der Waals surface area (Å²) in [6.07, 6.45) is 0.619. The number of carbonyl (C=O) groups is 1. The normalized spacial score (nSPS) is 13.7. The van der Waals surface area contributed by atoms with Gasteiger partial charge in [-0.25, -0.2) is 13.2 Å². The van der Waals surface area contributed by atoms with Gasteiger partial charge in [0.2, 0.25) is 5.63 Å². The summed E-state index contributed by atoms with van der Waals surface area (Å²) in [7, 11) is 1.26. The van der Waals surface area contributed by atoms with Gasteiger partial charge in [0.05, 0.1) is 7.11 Å². The second-order valence-electron chi connectivity index (χ2n) is 3.20. The van der Waals surface area contributed by atoms with E-state index in [1.54, 1.807) is 0 Å². The number of hydrogen-bond acceptors (Lipinski definition) is 2. The van der Waals surface area contributed by atoms with Crippen LogP contribution in [0.4, 0.5) is 13.2 Å². The van der Waals surface area contributed by atoms with Crippen molar-refractivity contribution in [3.63, 3.8) is 0 Å². The van der Waals surface area contributed by atoms with Crippen LogP contribution in [0.15, 0.2) is 0 Å². The number of hydrogen-bond donors (Lipinski definition) is 0. The van der Waals surface area contributed by atoms with E-state index in [4.69, 9.17) is 0 Å². The number of rotatable bonds is 7. The number of unbranched alkanes of at least 4 members (excludes halogenated alkanes) is 2. The zero-order valence-electron chi connectivity index (χ0n) is 8.44. The van der Waals surface area contributed by atoms with E-state index in [1.807, 2.05) is 0 Å². The Labute approximate surface area is 91.7 Å². The Morgan fingerprint density at radius 3 is 2.47 bits per heavy atom. The van der Waals surface area contributed by atoms with Gasteiger partial charge in [0, 0.05) is 12.8 Å². The first-order valence-corrected chi connectivity index (χ1v) is 5.06. The summed E-state index contributed by atoms with van der Waals surface area (Å²) in [5, 5.41) is 0. The first kappa shape index (κ1) is 14.5. The first-order valence-electron chi connectivity index (χ1n) is 4.63. The fourth-order valence-electron chi connectivity index (χ4n) is 1.02. The summed E-state index contributed by atoms with van der Waals surface area (Å²) in [5.41, 5.74) is -2.64. The summed E-state index contributed by atoms with van der Waals surface area (Å²) in [5.74, 6) is -3.85. The molecular weight excluding hydrogens is 233 g/mol. The molecule has 1 unspecified atom stereocenters. The fourth-order valence-corrected chi connectivity index (χ4v) is 1.13. The predicted octanol–water partition coefficient (Wildman–Crippen LogP) is 3.28. The van der Waals surface area contributed by atoms with Gasteiger partial charge in [-0.1, -0.05) is 18.0 Å². The largest absolute Gasteiger partial charge is 0.469 e. The minimum Gasteiger partial charge on any atom is -0.469 e. The van der Waals surface area contributed by atoms with Crippen molar-refractivity contribution in [1.82, 2.24) is 0 Å². The Kier molecular flexibility index (Phi) is 6.72. The Hall–Kier alpha value is -0.450. The number of methoxy groups -OCH3 is 1. The lowest BCUT2D eigenvalue weighted by molar-refractivity contribution is -0.140. The zero-order valence-corrected chi connectivity index (χ0v) is 9.20. The molecule has 0 aromatic carbocycles. The molecule has 0 fully saturated rings. The summed E-state index contributed by atoms with van der Waals surface area (Å²) in [4.78, 5) is 10.6. The van der Waals surface area contributed by atoms with Gasteiger partial charge in [0.25, 0.3) is 5.92 Å². The third-order valence-electron chi connectivity index (χ3n) is 1.94. The maximum Gasteiger partial charge on any atom is 0.305 e. The number of alkyl halides is 4. The smallest absolute Gasteiger partial charge is 0.305 e. The maximum absolute atomic E-state index is 12.6. The van der Waals surface area contributed by atoms with Gasteiger partial charge in [0.15, 0.2) is 0 Å². The van der Waals surface area contributed by atoms with Crippen molar-refractivity contribution >= 4 is 17.6 Å². The zero-order chi connectivity index (χ0) is 11.9. The van der Waals surface area contributed by atoms with Crippen LogP contribution in [0.5, 0.6) is 0 Å². The maximum atomic E-state index is 12.6. The Morgan fingerprint density at radius 1 is 1.40 bits per heavy atom. The third kappa shape index (κ3) is 6.60. The van der Waals surface area contributed by atoms with Gasteiger partial charge in [-0.3, -0.25) is 4.79 Å². The van der Waals surface area contributed by atoms with Crippen LogP contribution in [-0.2, 0) is 9.53 Å². The van der Waals surface area contributed by atoms with Crippen LogP contribution >= 0.6 is 11.6 Å². The molecule has 0 bridgehead atoms. The summed E-state index contributed by atoms with van der Waals surface area (Å²) >= 11 is 4.66. The molecule has 0 aliphatic carbocycles. The average Bonchev–Trinajstić information content (AvgIpc) is 2.16. The van der Waals surface area contributed by atoms with E-state index in [0.717, 1.165) is 0 Å². The third-order valence-corrected chi connectivity index (χ3v) is 2.26. The van der Waals surface area contributed by atoms with Crippen LogP contribution in [0, 0.1) is 0 Å². The van der Waals surface area contributed by atoms with E-state index < -0.39 is 18.0 Å². The van der Waals surface area contributed by atoms with E-state index in [0.29, 0.717) is 12.8 Å². The number of ether oxygens (including phenoxy) is 1. The van der Waals surface area contributed by atoms with E-state index in [-0.39, 0.29) is 18.8 Å².